The lowest BCUT2D eigenvalue weighted by Crippen LogP contribution is -2.23. The Hall–Kier alpha value is -3.93. The summed E-state index contributed by atoms with van der Waals surface area (Å²) < 4.78 is 1.96. The number of fused-ring (bicyclic) bond motifs is 4. The van der Waals surface area contributed by atoms with Gasteiger partial charge in [-0.2, -0.15) is 0 Å². The molecule has 0 atom stereocenters. The Bertz CT molecular complexity index is 1440. The number of aromatic nitrogens is 4. The molecular weight excluding hydrogens is 398 g/mol. The number of aryl methyl sites for hydroxylation is 2. The first-order valence-electron chi connectivity index (χ1n) is 11.1. The summed E-state index contributed by atoms with van der Waals surface area (Å²) in [5.41, 5.74) is 7.23. The Balaban J connectivity index is 1.20. The molecule has 3 aromatic heterocycles. The summed E-state index contributed by atoms with van der Waals surface area (Å²) in [6, 6.07) is 17.9. The lowest BCUT2D eigenvalue weighted by atomic mass is 9.95. The van der Waals surface area contributed by atoms with E-state index in [4.69, 9.17) is 0 Å². The molecule has 0 saturated heterocycles. The molecule has 6 nitrogen and oxygen atoms in total. The lowest BCUT2D eigenvalue weighted by molar-refractivity contribution is 0.0952. The average Bonchev–Trinajstić information content (AvgIpc) is 3.44. The van der Waals surface area contributed by atoms with Crippen LogP contribution in [-0.2, 0) is 19.4 Å². The molecule has 5 aromatic rings. The maximum Gasteiger partial charge on any atom is 0.253 e. The smallest absolute Gasteiger partial charge is 0.253 e. The molecule has 1 amide bonds. The van der Waals surface area contributed by atoms with E-state index in [1.165, 1.54) is 29.5 Å². The van der Waals surface area contributed by atoms with Crippen LogP contribution in [0.5, 0.6) is 0 Å². The summed E-state index contributed by atoms with van der Waals surface area (Å²) in [5, 5.41) is 4.24. The molecule has 0 spiro atoms. The van der Waals surface area contributed by atoms with Crippen molar-refractivity contribution in [3.8, 4) is 5.82 Å². The van der Waals surface area contributed by atoms with Gasteiger partial charge in [0.05, 0.1) is 22.1 Å². The van der Waals surface area contributed by atoms with Gasteiger partial charge >= 0.3 is 0 Å². The van der Waals surface area contributed by atoms with Crippen LogP contribution in [0.1, 0.15) is 40.0 Å². The number of pyridine rings is 1. The van der Waals surface area contributed by atoms with E-state index in [-0.39, 0.29) is 5.91 Å². The minimum absolute atomic E-state index is 0.0705. The van der Waals surface area contributed by atoms with Crippen LogP contribution in [0.15, 0.2) is 67.1 Å². The highest BCUT2D eigenvalue weighted by molar-refractivity contribution is 6.06. The second-order valence-corrected chi connectivity index (χ2v) is 8.33. The van der Waals surface area contributed by atoms with Crippen molar-refractivity contribution in [3.05, 3.63) is 89.5 Å². The predicted octanol–water partition coefficient (Wildman–Crippen LogP) is 4.71. The number of benzene rings is 2. The molecule has 6 heteroatoms. The summed E-state index contributed by atoms with van der Waals surface area (Å²) in [4.78, 5) is 25.5. The number of nitrogens with zero attached hydrogens (tertiary/aromatic N) is 3. The van der Waals surface area contributed by atoms with Gasteiger partial charge in [0.1, 0.15) is 12.1 Å². The fourth-order valence-corrected chi connectivity index (χ4v) is 4.70. The van der Waals surface area contributed by atoms with Crippen LogP contribution in [0.25, 0.3) is 27.8 Å². The average molecular weight is 422 g/mol. The van der Waals surface area contributed by atoms with E-state index in [0.29, 0.717) is 12.1 Å². The van der Waals surface area contributed by atoms with Crippen LogP contribution in [0.3, 0.4) is 0 Å². The molecule has 3 heterocycles. The van der Waals surface area contributed by atoms with Crippen molar-refractivity contribution in [1.29, 1.82) is 0 Å². The lowest BCUT2D eigenvalue weighted by Gasteiger charge is -2.10. The largest absolute Gasteiger partial charge is 0.358 e. The molecule has 0 unspecified atom stereocenters. The van der Waals surface area contributed by atoms with Gasteiger partial charge in [-0.25, -0.2) is 9.97 Å². The van der Waals surface area contributed by atoms with Gasteiger partial charge in [0.2, 0.25) is 0 Å². The summed E-state index contributed by atoms with van der Waals surface area (Å²) in [6.45, 7) is 0.424. The first-order valence-corrected chi connectivity index (χ1v) is 11.1. The molecule has 0 bridgehead atoms. The van der Waals surface area contributed by atoms with E-state index in [0.717, 1.165) is 40.8 Å². The van der Waals surface area contributed by atoms with Gasteiger partial charge in [0.25, 0.3) is 5.91 Å². The van der Waals surface area contributed by atoms with Gasteiger partial charge in [-0.1, -0.05) is 30.3 Å². The second-order valence-electron chi connectivity index (χ2n) is 8.33. The number of hydrogen-bond acceptors (Lipinski definition) is 3. The number of imidazole rings is 1. The highest BCUT2D eigenvalue weighted by Crippen LogP contribution is 2.30. The SMILES string of the molecule is O=C(NCc1ccc(-n2cnc3ccccc32)nc1)c1cccc2c3c([nH]c12)CCCC3. The quantitative estimate of drug-likeness (QED) is 0.441. The Morgan fingerprint density at radius 2 is 1.91 bits per heavy atom. The maximum absolute atomic E-state index is 13.0. The van der Waals surface area contributed by atoms with Crippen LogP contribution in [0.4, 0.5) is 0 Å². The van der Waals surface area contributed by atoms with Crippen LogP contribution < -0.4 is 5.32 Å². The fourth-order valence-electron chi connectivity index (χ4n) is 4.70. The Labute approximate surface area is 185 Å². The fraction of sp³-hybridized carbons (Fsp3) is 0.192. The van der Waals surface area contributed by atoms with E-state index in [2.05, 4.69) is 26.3 Å². The van der Waals surface area contributed by atoms with Gasteiger partial charge in [0.15, 0.2) is 0 Å². The third kappa shape index (κ3) is 3.15. The minimum Gasteiger partial charge on any atom is -0.358 e. The van der Waals surface area contributed by atoms with Crippen molar-refractivity contribution in [2.75, 3.05) is 0 Å². The molecule has 0 radical (unpaired) electrons. The van der Waals surface area contributed by atoms with Gasteiger partial charge in [-0.15, -0.1) is 0 Å². The standard InChI is InChI=1S/C26H23N5O/c32-26(20-8-5-7-19-18-6-1-2-9-21(18)30-25(19)20)28-15-17-12-13-24(27-14-17)31-16-29-22-10-3-4-11-23(22)31/h3-5,7-8,10-14,16,30H,1-2,6,9,15H2,(H,28,32). The number of amides is 1. The molecule has 1 aliphatic carbocycles. The third-order valence-electron chi connectivity index (χ3n) is 6.34. The molecule has 0 saturated carbocycles. The van der Waals surface area contributed by atoms with E-state index in [1.807, 2.05) is 53.1 Å². The molecule has 32 heavy (non-hydrogen) atoms. The molecule has 158 valence electrons. The third-order valence-corrected chi connectivity index (χ3v) is 6.34. The van der Waals surface area contributed by atoms with Crippen molar-refractivity contribution >= 4 is 27.8 Å². The highest BCUT2D eigenvalue weighted by atomic mass is 16.1. The van der Waals surface area contributed by atoms with Crippen molar-refractivity contribution in [3.63, 3.8) is 0 Å². The maximum atomic E-state index is 13.0. The number of rotatable bonds is 4. The zero-order chi connectivity index (χ0) is 21.5. The number of aromatic amines is 1. The summed E-state index contributed by atoms with van der Waals surface area (Å²) >= 11 is 0. The molecule has 2 N–H and O–H groups in total. The summed E-state index contributed by atoms with van der Waals surface area (Å²) in [6.07, 6.45) is 8.16. The number of carbonyl (C=O) groups excluding carboxylic acids is 1. The van der Waals surface area contributed by atoms with Gasteiger partial charge in [-0.05, 0) is 61.1 Å². The van der Waals surface area contributed by atoms with Crippen LogP contribution >= 0.6 is 0 Å². The van der Waals surface area contributed by atoms with Gasteiger partial charge in [-0.3, -0.25) is 9.36 Å². The van der Waals surface area contributed by atoms with E-state index in [1.54, 1.807) is 12.5 Å². The van der Waals surface area contributed by atoms with E-state index < -0.39 is 0 Å². The Kier molecular flexibility index (Phi) is 4.49. The number of hydrogen-bond donors (Lipinski definition) is 2. The number of H-pyrrole nitrogens is 1. The molecule has 6 rings (SSSR count). The summed E-state index contributed by atoms with van der Waals surface area (Å²) in [5.74, 6) is 0.731. The van der Waals surface area contributed by atoms with Gasteiger partial charge < -0.3 is 10.3 Å². The Morgan fingerprint density at radius 3 is 2.81 bits per heavy atom. The van der Waals surface area contributed by atoms with Crippen molar-refractivity contribution < 1.29 is 4.79 Å². The van der Waals surface area contributed by atoms with Gasteiger partial charge in [0, 0.05) is 23.8 Å². The normalized spacial score (nSPS) is 13.4. The first kappa shape index (κ1) is 18.8. The number of carbonyl (C=O) groups is 1. The zero-order valence-electron chi connectivity index (χ0n) is 17.6. The van der Waals surface area contributed by atoms with Crippen molar-refractivity contribution in [2.24, 2.45) is 0 Å². The highest BCUT2D eigenvalue weighted by Gasteiger charge is 2.19. The zero-order valence-corrected chi connectivity index (χ0v) is 17.6. The topological polar surface area (TPSA) is 75.6 Å². The van der Waals surface area contributed by atoms with Crippen LogP contribution in [0.2, 0.25) is 0 Å². The predicted molar refractivity (Wildman–Crippen MR) is 125 cm³/mol. The molecule has 0 fully saturated rings. The molecule has 2 aromatic carbocycles. The van der Waals surface area contributed by atoms with E-state index >= 15 is 0 Å². The molecule has 0 aliphatic heterocycles. The van der Waals surface area contributed by atoms with Crippen molar-refractivity contribution in [2.45, 2.75) is 32.2 Å². The van der Waals surface area contributed by atoms with Crippen molar-refractivity contribution in [1.82, 2.24) is 24.8 Å². The minimum atomic E-state index is -0.0705. The monoisotopic (exact) mass is 421 g/mol. The number of para-hydroxylation sites is 3. The van der Waals surface area contributed by atoms with Crippen LogP contribution in [0, 0.1) is 0 Å². The summed E-state index contributed by atoms with van der Waals surface area (Å²) in [7, 11) is 0. The molecular formula is C26H23N5O. The Morgan fingerprint density at radius 1 is 1.00 bits per heavy atom. The first-order chi connectivity index (χ1) is 15.8. The van der Waals surface area contributed by atoms with E-state index in [9.17, 15) is 4.79 Å². The second kappa shape index (κ2) is 7.64. The number of nitrogens with one attached hydrogen (secondary N) is 2. The molecule has 1 aliphatic rings. The van der Waals surface area contributed by atoms with Crippen LogP contribution in [-0.4, -0.2) is 25.4 Å².